The topological polar surface area (TPSA) is 57.2 Å². The Kier molecular flexibility index (Phi) is 9.55. The fraction of sp³-hybridized carbons (Fsp3) is 0.600. The molecule has 1 rings (SSSR count). The summed E-state index contributed by atoms with van der Waals surface area (Å²) in [4.78, 5) is 20.7. The largest absolute Gasteiger partial charge is 0.494 e. The van der Waals surface area contributed by atoms with Gasteiger partial charge in [-0.2, -0.15) is 0 Å². The van der Waals surface area contributed by atoms with Gasteiger partial charge in [-0.15, -0.1) is 0 Å². The molecule has 0 aliphatic carbocycles. The van der Waals surface area contributed by atoms with Crippen LogP contribution in [0.4, 0.5) is 0 Å². The first kappa shape index (κ1) is 21.8. The minimum absolute atomic E-state index is 0.111. The van der Waals surface area contributed by atoms with Crippen molar-refractivity contribution >= 4 is 11.9 Å². The Morgan fingerprint density at radius 3 is 2.42 bits per heavy atom. The number of rotatable bonds is 9. The Labute approximate surface area is 158 Å². The van der Waals surface area contributed by atoms with Gasteiger partial charge in [0.15, 0.2) is 5.96 Å². The molecule has 0 unspecified atom stereocenters. The molecule has 26 heavy (non-hydrogen) atoms. The van der Waals surface area contributed by atoms with Crippen LogP contribution in [0.3, 0.4) is 0 Å². The van der Waals surface area contributed by atoms with E-state index >= 15 is 0 Å². The number of hydrogen-bond donors (Lipinski definition) is 1. The second-order valence-corrected chi connectivity index (χ2v) is 6.13. The molecule has 6 heteroatoms. The summed E-state index contributed by atoms with van der Waals surface area (Å²) in [6, 6.07) is 6.12. The predicted octanol–water partition coefficient (Wildman–Crippen LogP) is 2.66. The first-order valence-electron chi connectivity index (χ1n) is 9.46. The molecule has 0 aliphatic rings. The molecule has 1 aromatic rings. The van der Waals surface area contributed by atoms with Crippen molar-refractivity contribution in [3.8, 4) is 5.75 Å². The van der Waals surface area contributed by atoms with Crippen LogP contribution >= 0.6 is 0 Å². The fourth-order valence-corrected chi connectivity index (χ4v) is 2.72. The van der Waals surface area contributed by atoms with Gasteiger partial charge in [-0.3, -0.25) is 4.79 Å². The number of benzene rings is 1. The maximum Gasteiger partial charge on any atom is 0.242 e. The standard InChI is InChI=1S/C20H34N4O2/c1-7-21-20(23(6)15-19(25)24(8-2)9-3)22-14-17-11-12-18(26-10-4)16(5)13-17/h11-13H,7-10,14-15H2,1-6H3,(H,21,22). The van der Waals surface area contributed by atoms with Gasteiger partial charge < -0.3 is 19.9 Å². The maximum absolute atomic E-state index is 12.3. The molecule has 6 nitrogen and oxygen atoms in total. The number of carbonyl (C=O) groups is 1. The lowest BCUT2D eigenvalue weighted by Crippen LogP contribution is -2.45. The predicted molar refractivity (Wildman–Crippen MR) is 108 cm³/mol. The van der Waals surface area contributed by atoms with Crippen LogP contribution < -0.4 is 10.1 Å². The monoisotopic (exact) mass is 362 g/mol. The van der Waals surface area contributed by atoms with Gasteiger partial charge in [0.25, 0.3) is 0 Å². The molecule has 1 amide bonds. The highest BCUT2D eigenvalue weighted by Gasteiger charge is 2.15. The quantitative estimate of drug-likeness (QED) is 0.542. The van der Waals surface area contributed by atoms with Crippen molar-refractivity contribution in [3.05, 3.63) is 29.3 Å². The van der Waals surface area contributed by atoms with Crippen LogP contribution in [0.5, 0.6) is 5.75 Å². The molecule has 0 aliphatic heterocycles. The summed E-state index contributed by atoms with van der Waals surface area (Å²) in [6.45, 7) is 13.8. The Bertz CT molecular complexity index is 597. The van der Waals surface area contributed by atoms with Gasteiger partial charge in [-0.1, -0.05) is 12.1 Å². The van der Waals surface area contributed by atoms with Crippen molar-refractivity contribution in [1.82, 2.24) is 15.1 Å². The first-order chi connectivity index (χ1) is 12.5. The average Bonchev–Trinajstić information content (AvgIpc) is 2.61. The van der Waals surface area contributed by atoms with Gasteiger partial charge >= 0.3 is 0 Å². The van der Waals surface area contributed by atoms with Crippen molar-refractivity contribution in [3.63, 3.8) is 0 Å². The molecule has 0 spiro atoms. The van der Waals surface area contributed by atoms with E-state index in [-0.39, 0.29) is 5.91 Å². The fourth-order valence-electron chi connectivity index (χ4n) is 2.72. The normalized spacial score (nSPS) is 11.2. The summed E-state index contributed by atoms with van der Waals surface area (Å²) in [5, 5.41) is 3.26. The van der Waals surface area contributed by atoms with Crippen molar-refractivity contribution in [2.75, 3.05) is 39.8 Å². The zero-order valence-electron chi connectivity index (χ0n) is 17.1. The van der Waals surface area contributed by atoms with E-state index in [0.29, 0.717) is 19.7 Å². The van der Waals surface area contributed by atoms with Crippen molar-refractivity contribution < 1.29 is 9.53 Å². The van der Waals surface area contributed by atoms with Crippen LogP contribution in [0.1, 0.15) is 38.8 Å². The zero-order valence-corrected chi connectivity index (χ0v) is 17.1. The van der Waals surface area contributed by atoms with Gasteiger partial charge in [-0.25, -0.2) is 4.99 Å². The molecule has 0 fully saturated rings. The number of likely N-dealkylation sites (N-methyl/N-ethyl adjacent to an activating group) is 2. The van der Waals surface area contributed by atoms with E-state index in [1.54, 1.807) is 0 Å². The first-order valence-corrected chi connectivity index (χ1v) is 9.46. The number of nitrogens with zero attached hydrogens (tertiary/aromatic N) is 3. The molecule has 0 saturated heterocycles. The van der Waals surface area contributed by atoms with E-state index in [2.05, 4.69) is 16.4 Å². The molecule has 1 N–H and O–H groups in total. The Hall–Kier alpha value is -2.24. The van der Waals surface area contributed by atoms with Crippen LogP contribution in [0.15, 0.2) is 23.2 Å². The molecular formula is C20H34N4O2. The number of hydrogen-bond acceptors (Lipinski definition) is 3. The number of carbonyl (C=O) groups excluding carboxylic acids is 1. The number of aryl methyl sites for hydroxylation is 1. The Morgan fingerprint density at radius 2 is 1.88 bits per heavy atom. The molecular weight excluding hydrogens is 328 g/mol. The number of guanidine groups is 1. The highest BCUT2D eigenvalue weighted by molar-refractivity contribution is 5.86. The van der Waals surface area contributed by atoms with Crippen LogP contribution in [-0.2, 0) is 11.3 Å². The van der Waals surface area contributed by atoms with Crippen LogP contribution in [0.25, 0.3) is 0 Å². The SMILES string of the molecule is CCNC(=NCc1ccc(OCC)c(C)c1)N(C)CC(=O)N(CC)CC. The molecule has 0 radical (unpaired) electrons. The van der Waals surface area contributed by atoms with E-state index in [1.165, 1.54) is 0 Å². The van der Waals surface area contributed by atoms with Crippen LogP contribution in [-0.4, -0.2) is 61.5 Å². The van der Waals surface area contributed by atoms with Crippen molar-refractivity contribution in [1.29, 1.82) is 0 Å². The Morgan fingerprint density at radius 1 is 1.19 bits per heavy atom. The number of amides is 1. The van der Waals surface area contributed by atoms with Gasteiger partial charge in [0.05, 0.1) is 19.7 Å². The number of nitrogens with one attached hydrogen (secondary N) is 1. The summed E-state index contributed by atoms with van der Waals surface area (Å²) in [7, 11) is 1.90. The third-order valence-corrected chi connectivity index (χ3v) is 4.14. The second kappa shape index (κ2) is 11.4. The molecule has 0 bridgehead atoms. The van der Waals surface area contributed by atoms with E-state index in [1.807, 2.05) is 63.6 Å². The summed E-state index contributed by atoms with van der Waals surface area (Å²) >= 11 is 0. The summed E-state index contributed by atoms with van der Waals surface area (Å²) in [6.07, 6.45) is 0. The highest BCUT2D eigenvalue weighted by Crippen LogP contribution is 2.19. The zero-order chi connectivity index (χ0) is 19.5. The molecule has 0 aromatic heterocycles. The smallest absolute Gasteiger partial charge is 0.242 e. The summed E-state index contributed by atoms with van der Waals surface area (Å²) in [5.74, 6) is 1.76. The minimum atomic E-state index is 0.111. The molecule has 146 valence electrons. The second-order valence-electron chi connectivity index (χ2n) is 6.13. The lowest BCUT2D eigenvalue weighted by atomic mass is 10.1. The lowest BCUT2D eigenvalue weighted by molar-refractivity contribution is -0.131. The highest BCUT2D eigenvalue weighted by atomic mass is 16.5. The van der Waals surface area contributed by atoms with Crippen LogP contribution in [0, 0.1) is 6.92 Å². The van der Waals surface area contributed by atoms with E-state index < -0.39 is 0 Å². The van der Waals surface area contributed by atoms with Gasteiger partial charge in [-0.05, 0) is 51.8 Å². The Balaban J connectivity index is 2.82. The maximum atomic E-state index is 12.3. The molecule has 1 aromatic carbocycles. The van der Waals surface area contributed by atoms with Crippen LogP contribution in [0.2, 0.25) is 0 Å². The average molecular weight is 363 g/mol. The van der Waals surface area contributed by atoms with E-state index in [4.69, 9.17) is 4.74 Å². The summed E-state index contributed by atoms with van der Waals surface area (Å²) in [5.41, 5.74) is 2.22. The molecule has 0 heterocycles. The minimum Gasteiger partial charge on any atom is -0.494 e. The van der Waals surface area contributed by atoms with Gasteiger partial charge in [0, 0.05) is 26.7 Å². The third-order valence-electron chi connectivity index (χ3n) is 4.14. The number of ether oxygens (including phenoxy) is 1. The lowest BCUT2D eigenvalue weighted by Gasteiger charge is -2.25. The van der Waals surface area contributed by atoms with E-state index in [0.717, 1.165) is 42.5 Å². The van der Waals surface area contributed by atoms with Crippen molar-refractivity contribution in [2.45, 2.75) is 41.2 Å². The van der Waals surface area contributed by atoms with E-state index in [9.17, 15) is 4.79 Å². The van der Waals surface area contributed by atoms with Gasteiger partial charge in [0.2, 0.25) is 5.91 Å². The van der Waals surface area contributed by atoms with Gasteiger partial charge in [0.1, 0.15) is 5.75 Å². The third kappa shape index (κ3) is 6.58. The summed E-state index contributed by atoms with van der Waals surface area (Å²) < 4.78 is 5.58. The molecule has 0 atom stereocenters. The molecule has 0 saturated carbocycles. The number of aliphatic imine (C=N–C) groups is 1. The van der Waals surface area contributed by atoms with Crippen molar-refractivity contribution in [2.24, 2.45) is 4.99 Å².